The quantitative estimate of drug-likeness (QED) is 0.727. The Morgan fingerprint density at radius 3 is 2.62 bits per heavy atom. The average Bonchev–Trinajstić information content (AvgIpc) is 2.67. The van der Waals surface area contributed by atoms with Crippen molar-refractivity contribution in [1.29, 1.82) is 0 Å². The number of nitrogens with zero attached hydrogens (tertiary/aromatic N) is 2. The molecule has 5 nitrogen and oxygen atoms in total. The monoisotopic (exact) mass is 439 g/mol. The van der Waals surface area contributed by atoms with Gasteiger partial charge in [-0.3, -0.25) is 0 Å². The topological polar surface area (TPSA) is 44.8 Å². The fourth-order valence-corrected chi connectivity index (χ4v) is 3.94. The van der Waals surface area contributed by atoms with E-state index in [1.54, 1.807) is 31.3 Å². The number of halogens is 3. The summed E-state index contributed by atoms with van der Waals surface area (Å²) in [4.78, 5) is 16.3. The van der Waals surface area contributed by atoms with Gasteiger partial charge in [-0.15, -0.1) is 0 Å². The van der Waals surface area contributed by atoms with Crippen molar-refractivity contribution in [3.05, 3.63) is 63.4 Å². The molecular weight excluding hydrogens is 416 g/mol. The summed E-state index contributed by atoms with van der Waals surface area (Å²) in [6.45, 7) is 5.60. The summed E-state index contributed by atoms with van der Waals surface area (Å²) < 4.78 is 19.3. The van der Waals surface area contributed by atoms with Gasteiger partial charge in [-0.1, -0.05) is 23.2 Å². The molecule has 1 aliphatic rings. The first kappa shape index (κ1) is 21.7. The first-order chi connectivity index (χ1) is 13.8. The molecule has 2 unspecified atom stereocenters. The molecule has 0 spiro atoms. The summed E-state index contributed by atoms with van der Waals surface area (Å²) in [5.74, 6) is -0.288. The van der Waals surface area contributed by atoms with Crippen LogP contribution < -0.4 is 10.2 Å². The van der Waals surface area contributed by atoms with Crippen molar-refractivity contribution in [2.45, 2.75) is 26.1 Å². The van der Waals surface area contributed by atoms with E-state index in [0.717, 1.165) is 23.4 Å². The van der Waals surface area contributed by atoms with Crippen molar-refractivity contribution < 1.29 is 13.9 Å². The number of carbonyl (C=O) groups is 1. The molecule has 2 atom stereocenters. The van der Waals surface area contributed by atoms with Crippen LogP contribution in [0.25, 0.3) is 0 Å². The van der Waals surface area contributed by atoms with Gasteiger partial charge in [-0.2, -0.15) is 0 Å². The van der Waals surface area contributed by atoms with Gasteiger partial charge in [0.1, 0.15) is 5.82 Å². The van der Waals surface area contributed by atoms with Crippen molar-refractivity contribution in [1.82, 2.24) is 10.2 Å². The second kappa shape index (κ2) is 9.20. The zero-order valence-electron chi connectivity index (χ0n) is 16.6. The Bertz CT molecular complexity index is 876. The Hall–Kier alpha value is -2.02. The molecule has 1 amide bonds. The van der Waals surface area contributed by atoms with Gasteiger partial charge < -0.3 is 19.9 Å². The standard InChI is InChI=1S/C21H24Cl2FN3O2/c1-13-8-18(24)4-5-19(13)27-7-6-25-12-20(27)29-21(28)26(3)14(2)15-9-16(22)11-17(23)10-15/h4-5,8-11,14,20,25H,6-7,12H2,1-3H3. The molecule has 29 heavy (non-hydrogen) atoms. The van der Waals surface area contributed by atoms with Gasteiger partial charge in [0.05, 0.1) is 12.6 Å². The number of benzene rings is 2. The highest BCUT2D eigenvalue weighted by atomic mass is 35.5. The molecule has 1 fully saturated rings. The van der Waals surface area contributed by atoms with E-state index in [0.29, 0.717) is 23.1 Å². The zero-order valence-corrected chi connectivity index (χ0v) is 18.1. The van der Waals surface area contributed by atoms with E-state index in [2.05, 4.69) is 5.32 Å². The number of piperazine rings is 1. The maximum Gasteiger partial charge on any atom is 0.411 e. The fourth-order valence-electron chi connectivity index (χ4n) is 3.40. The van der Waals surface area contributed by atoms with E-state index in [1.165, 1.54) is 17.0 Å². The number of aryl methyl sites for hydroxylation is 1. The Balaban J connectivity index is 1.74. The molecule has 0 saturated carbocycles. The Morgan fingerprint density at radius 1 is 1.28 bits per heavy atom. The Morgan fingerprint density at radius 2 is 1.97 bits per heavy atom. The highest BCUT2D eigenvalue weighted by Crippen LogP contribution is 2.28. The van der Waals surface area contributed by atoms with Crippen LogP contribution in [-0.4, -0.2) is 43.9 Å². The van der Waals surface area contributed by atoms with Crippen LogP contribution in [0.2, 0.25) is 10.0 Å². The molecule has 8 heteroatoms. The van der Waals surface area contributed by atoms with Gasteiger partial charge in [0.15, 0.2) is 6.23 Å². The molecule has 0 aliphatic carbocycles. The van der Waals surface area contributed by atoms with Crippen LogP contribution >= 0.6 is 23.2 Å². The molecule has 1 heterocycles. The number of ether oxygens (including phenoxy) is 1. The summed E-state index contributed by atoms with van der Waals surface area (Å²) in [6.07, 6.45) is -0.968. The van der Waals surface area contributed by atoms with Gasteiger partial charge in [-0.25, -0.2) is 9.18 Å². The summed E-state index contributed by atoms with van der Waals surface area (Å²) in [5, 5.41) is 4.26. The number of amides is 1. The van der Waals surface area contributed by atoms with E-state index in [4.69, 9.17) is 27.9 Å². The molecule has 0 aromatic heterocycles. The van der Waals surface area contributed by atoms with E-state index < -0.39 is 12.3 Å². The number of hydrogen-bond acceptors (Lipinski definition) is 4. The van der Waals surface area contributed by atoms with Crippen LogP contribution in [0.15, 0.2) is 36.4 Å². The third-order valence-corrected chi connectivity index (χ3v) is 5.57. The Kier molecular flexibility index (Phi) is 6.88. The second-order valence-electron chi connectivity index (χ2n) is 7.16. The SMILES string of the molecule is Cc1cc(F)ccc1N1CCNCC1OC(=O)N(C)C(C)c1cc(Cl)cc(Cl)c1. The maximum absolute atomic E-state index is 13.5. The lowest BCUT2D eigenvalue weighted by molar-refractivity contribution is 0.0534. The van der Waals surface area contributed by atoms with Crippen LogP contribution in [0.1, 0.15) is 24.1 Å². The highest BCUT2D eigenvalue weighted by Gasteiger charge is 2.29. The third kappa shape index (κ3) is 5.13. The first-order valence-corrected chi connectivity index (χ1v) is 10.1. The van der Waals surface area contributed by atoms with Gasteiger partial charge in [0.25, 0.3) is 0 Å². The molecule has 1 aliphatic heterocycles. The zero-order chi connectivity index (χ0) is 21.1. The van der Waals surface area contributed by atoms with Crippen molar-refractivity contribution in [3.63, 3.8) is 0 Å². The van der Waals surface area contributed by atoms with Crippen molar-refractivity contribution >= 4 is 35.0 Å². The number of nitrogens with one attached hydrogen (secondary N) is 1. The Labute approximate surface area is 180 Å². The van der Waals surface area contributed by atoms with Gasteiger partial charge >= 0.3 is 6.09 Å². The van der Waals surface area contributed by atoms with E-state index in [9.17, 15) is 9.18 Å². The van der Waals surface area contributed by atoms with Crippen LogP contribution in [0.4, 0.5) is 14.9 Å². The lowest BCUT2D eigenvalue weighted by Crippen LogP contribution is -2.54. The van der Waals surface area contributed by atoms with Crippen LogP contribution in [-0.2, 0) is 4.74 Å². The first-order valence-electron chi connectivity index (χ1n) is 9.39. The normalized spacial score (nSPS) is 17.7. The summed E-state index contributed by atoms with van der Waals surface area (Å²) >= 11 is 12.2. The van der Waals surface area contributed by atoms with E-state index in [1.807, 2.05) is 18.7 Å². The van der Waals surface area contributed by atoms with Crippen LogP contribution in [0.3, 0.4) is 0 Å². The predicted octanol–water partition coefficient (Wildman–Crippen LogP) is 5.01. The van der Waals surface area contributed by atoms with Gasteiger partial charge in [0.2, 0.25) is 0 Å². The molecule has 2 aromatic carbocycles. The molecule has 1 saturated heterocycles. The molecule has 0 bridgehead atoms. The smallest absolute Gasteiger partial charge is 0.411 e. The maximum atomic E-state index is 13.5. The van der Waals surface area contributed by atoms with Gasteiger partial charge in [-0.05, 0) is 61.4 Å². The fraction of sp³-hybridized carbons (Fsp3) is 0.381. The lowest BCUT2D eigenvalue weighted by atomic mass is 10.1. The minimum absolute atomic E-state index is 0.281. The molecule has 0 radical (unpaired) electrons. The summed E-state index contributed by atoms with van der Waals surface area (Å²) in [7, 11) is 1.67. The van der Waals surface area contributed by atoms with Crippen LogP contribution in [0, 0.1) is 12.7 Å². The number of anilines is 1. The number of hydrogen-bond donors (Lipinski definition) is 1. The molecule has 3 rings (SSSR count). The summed E-state index contributed by atoms with van der Waals surface area (Å²) in [6, 6.07) is 9.53. The van der Waals surface area contributed by atoms with E-state index in [-0.39, 0.29) is 11.9 Å². The third-order valence-electron chi connectivity index (χ3n) is 5.14. The highest BCUT2D eigenvalue weighted by molar-refractivity contribution is 6.34. The molecule has 1 N–H and O–H groups in total. The van der Waals surface area contributed by atoms with Crippen molar-refractivity contribution in [2.75, 3.05) is 31.6 Å². The second-order valence-corrected chi connectivity index (χ2v) is 8.03. The lowest BCUT2D eigenvalue weighted by Gasteiger charge is -2.39. The minimum atomic E-state index is -0.502. The molecular formula is C21H24Cl2FN3O2. The predicted molar refractivity (Wildman–Crippen MR) is 114 cm³/mol. The number of rotatable bonds is 4. The van der Waals surface area contributed by atoms with Gasteiger partial charge in [0, 0.05) is 35.9 Å². The molecule has 156 valence electrons. The summed E-state index contributed by atoms with van der Waals surface area (Å²) in [5.41, 5.74) is 2.46. The van der Waals surface area contributed by atoms with Crippen LogP contribution in [0.5, 0.6) is 0 Å². The largest absolute Gasteiger partial charge is 0.424 e. The molecule has 2 aromatic rings. The van der Waals surface area contributed by atoms with E-state index >= 15 is 0 Å². The average molecular weight is 440 g/mol. The minimum Gasteiger partial charge on any atom is -0.424 e. The van der Waals surface area contributed by atoms with Crippen molar-refractivity contribution in [2.24, 2.45) is 0 Å². The van der Waals surface area contributed by atoms with Crippen molar-refractivity contribution in [3.8, 4) is 0 Å². The number of carbonyl (C=O) groups excluding carboxylic acids is 1.